The molecular weight excluding hydrogens is 233 g/mol. The molecule has 2 aliphatic rings. The highest BCUT2D eigenvalue weighted by Crippen LogP contribution is 2.17. The average Bonchev–Trinajstić information content (AvgIpc) is 2.37. The Labute approximate surface area is 108 Å². The second-order valence-electron chi connectivity index (χ2n) is 5.49. The molecule has 0 aromatic rings. The predicted octanol–water partition coefficient (Wildman–Crippen LogP) is 0.760. The van der Waals surface area contributed by atoms with Crippen molar-refractivity contribution in [1.82, 2.24) is 9.80 Å². The number of halogens is 1. The van der Waals surface area contributed by atoms with Crippen molar-refractivity contribution in [2.45, 2.75) is 44.3 Å². The van der Waals surface area contributed by atoms with Gasteiger partial charge in [-0.1, -0.05) is 6.42 Å². The number of nitrogens with zero attached hydrogens (tertiary/aromatic N) is 2. The third-order valence-electron chi connectivity index (χ3n) is 4.09. The summed E-state index contributed by atoms with van der Waals surface area (Å²) in [5, 5.41) is 0. The van der Waals surface area contributed by atoms with E-state index >= 15 is 0 Å². The molecular formula is C13H24FN3O. The molecule has 5 heteroatoms. The summed E-state index contributed by atoms with van der Waals surface area (Å²) in [7, 11) is 0. The minimum absolute atomic E-state index is 0.107. The molecule has 18 heavy (non-hydrogen) atoms. The van der Waals surface area contributed by atoms with Gasteiger partial charge in [-0.3, -0.25) is 14.6 Å². The summed E-state index contributed by atoms with van der Waals surface area (Å²) >= 11 is 0. The van der Waals surface area contributed by atoms with Crippen LogP contribution in [0.15, 0.2) is 0 Å². The SMILES string of the molecule is NC(=O)C1CCCCN1CCN1CCCC(F)C1. The average molecular weight is 257 g/mol. The molecule has 0 radical (unpaired) electrons. The molecule has 0 aliphatic carbocycles. The Hall–Kier alpha value is -0.680. The van der Waals surface area contributed by atoms with Gasteiger partial charge in [0.1, 0.15) is 6.17 Å². The van der Waals surface area contributed by atoms with Crippen LogP contribution in [0.2, 0.25) is 0 Å². The van der Waals surface area contributed by atoms with Crippen LogP contribution in [-0.4, -0.2) is 60.6 Å². The van der Waals surface area contributed by atoms with Crippen LogP contribution in [0.25, 0.3) is 0 Å². The highest BCUT2D eigenvalue weighted by atomic mass is 19.1. The Kier molecular flexibility index (Phi) is 4.95. The molecule has 0 spiro atoms. The van der Waals surface area contributed by atoms with Gasteiger partial charge in [-0.15, -0.1) is 0 Å². The van der Waals surface area contributed by atoms with Crippen LogP contribution < -0.4 is 5.73 Å². The number of nitrogens with two attached hydrogens (primary N) is 1. The Morgan fingerprint density at radius 1 is 1.17 bits per heavy atom. The first-order valence-corrected chi connectivity index (χ1v) is 7.06. The highest BCUT2D eigenvalue weighted by Gasteiger charge is 2.27. The van der Waals surface area contributed by atoms with Gasteiger partial charge in [0, 0.05) is 19.6 Å². The van der Waals surface area contributed by atoms with E-state index in [0.717, 1.165) is 51.9 Å². The third-order valence-corrected chi connectivity index (χ3v) is 4.09. The van der Waals surface area contributed by atoms with E-state index in [9.17, 15) is 9.18 Å². The minimum atomic E-state index is -0.674. The van der Waals surface area contributed by atoms with Crippen molar-refractivity contribution < 1.29 is 9.18 Å². The molecule has 2 heterocycles. The monoisotopic (exact) mass is 257 g/mol. The van der Waals surface area contributed by atoms with Gasteiger partial charge in [-0.2, -0.15) is 0 Å². The van der Waals surface area contributed by atoms with E-state index < -0.39 is 6.17 Å². The Balaban J connectivity index is 1.78. The largest absolute Gasteiger partial charge is 0.368 e. The number of carbonyl (C=O) groups is 1. The first-order chi connectivity index (χ1) is 8.66. The molecule has 2 aliphatic heterocycles. The maximum Gasteiger partial charge on any atom is 0.234 e. The number of primary amides is 1. The fourth-order valence-corrected chi connectivity index (χ4v) is 3.05. The molecule has 2 fully saturated rings. The van der Waals surface area contributed by atoms with Crippen molar-refractivity contribution in [2.24, 2.45) is 5.73 Å². The zero-order chi connectivity index (χ0) is 13.0. The van der Waals surface area contributed by atoms with E-state index in [0.29, 0.717) is 13.0 Å². The quantitative estimate of drug-likeness (QED) is 0.809. The maximum atomic E-state index is 13.3. The van der Waals surface area contributed by atoms with Gasteiger partial charge in [-0.05, 0) is 38.8 Å². The zero-order valence-electron chi connectivity index (χ0n) is 11.0. The number of carbonyl (C=O) groups excluding carboxylic acids is 1. The van der Waals surface area contributed by atoms with Crippen molar-refractivity contribution in [3.8, 4) is 0 Å². The molecule has 2 N–H and O–H groups in total. The number of alkyl halides is 1. The van der Waals surface area contributed by atoms with E-state index in [1.54, 1.807) is 0 Å². The number of piperidine rings is 2. The summed E-state index contributed by atoms with van der Waals surface area (Å²) in [6.45, 7) is 4.16. The topological polar surface area (TPSA) is 49.6 Å². The lowest BCUT2D eigenvalue weighted by molar-refractivity contribution is -0.124. The fourth-order valence-electron chi connectivity index (χ4n) is 3.05. The van der Waals surface area contributed by atoms with E-state index in [1.807, 2.05) is 0 Å². The van der Waals surface area contributed by atoms with Crippen molar-refractivity contribution >= 4 is 5.91 Å². The molecule has 1 amide bonds. The van der Waals surface area contributed by atoms with Crippen LogP contribution in [0.5, 0.6) is 0 Å². The normalized spacial score (nSPS) is 31.4. The lowest BCUT2D eigenvalue weighted by atomic mass is 10.0. The van der Waals surface area contributed by atoms with Crippen molar-refractivity contribution in [3.63, 3.8) is 0 Å². The van der Waals surface area contributed by atoms with Crippen molar-refractivity contribution in [2.75, 3.05) is 32.7 Å². The number of hydrogen-bond donors (Lipinski definition) is 1. The second-order valence-corrected chi connectivity index (χ2v) is 5.49. The third kappa shape index (κ3) is 3.65. The lowest BCUT2D eigenvalue weighted by Gasteiger charge is -2.36. The van der Waals surface area contributed by atoms with E-state index in [2.05, 4.69) is 9.80 Å². The van der Waals surface area contributed by atoms with Crippen molar-refractivity contribution in [1.29, 1.82) is 0 Å². The molecule has 4 nitrogen and oxygen atoms in total. The summed E-state index contributed by atoms with van der Waals surface area (Å²) in [5.41, 5.74) is 5.43. The van der Waals surface area contributed by atoms with Gasteiger partial charge in [0.15, 0.2) is 0 Å². The smallest absolute Gasteiger partial charge is 0.234 e. The molecule has 2 unspecified atom stereocenters. The predicted molar refractivity (Wildman–Crippen MR) is 69.0 cm³/mol. The van der Waals surface area contributed by atoms with Gasteiger partial charge >= 0.3 is 0 Å². The molecule has 0 aromatic heterocycles. The van der Waals surface area contributed by atoms with Crippen LogP contribution in [0.3, 0.4) is 0 Å². The van der Waals surface area contributed by atoms with Crippen LogP contribution >= 0.6 is 0 Å². The van der Waals surface area contributed by atoms with E-state index in [1.165, 1.54) is 0 Å². The summed E-state index contributed by atoms with van der Waals surface area (Å²) in [6.07, 6.45) is 4.06. The number of hydrogen-bond acceptors (Lipinski definition) is 3. The van der Waals surface area contributed by atoms with Gasteiger partial charge < -0.3 is 5.73 Å². The molecule has 104 valence electrons. The molecule has 2 saturated heterocycles. The highest BCUT2D eigenvalue weighted by molar-refractivity contribution is 5.79. The fraction of sp³-hybridized carbons (Fsp3) is 0.923. The zero-order valence-corrected chi connectivity index (χ0v) is 11.0. The van der Waals surface area contributed by atoms with E-state index in [-0.39, 0.29) is 11.9 Å². The molecule has 2 atom stereocenters. The summed E-state index contributed by atoms with van der Waals surface area (Å²) in [4.78, 5) is 15.7. The summed E-state index contributed by atoms with van der Waals surface area (Å²) < 4.78 is 13.3. The Morgan fingerprint density at radius 2 is 2.00 bits per heavy atom. The first-order valence-electron chi connectivity index (χ1n) is 7.06. The minimum Gasteiger partial charge on any atom is -0.368 e. The van der Waals surface area contributed by atoms with Gasteiger partial charge in [0.05, 0.1) is 6.04 Å². The van der Waals surface area contributed by atoms with Gasteiger partial charge in [-0.25, -0.2) is 4.39 Å². The summed E-state index contributed by atoms with van der Waals surface area (Å²) in [6, 6.07) is -0.107. The molecule has 0 aromatic carbocycles. The number of rotatable bonds is 4. The summed E-state index contributed by atoms with van der Waals surface area (Å²) in [5.74, 6) is -0.211. The second kappa shape index (κ2) is 6.48. The first kappa shape index (κ1) is 13.7. The molecule has 0 saturated carbocycles. The lowest BCUT2D eigenvalue weighted by Crippen LogP contribution is -2.50. The maximum absolute atomic E-state index is 13.3. The van der Waals surface area contributed by atoms with Crippen LogP contribution in [0.1, 0.15) is 32.1 Å². The van der Waals surface area contributed by atoms with Gasteiger partial charge in [0.25, 0.3) is 0 Å². The van der Waals surface area contributed by atoms with Crippen LogP contribution in [0.4, 0.5) is 4.39 Å². The Morgan fingerprint density at radius 3 is 2.72 bits per heavy atom. The van der Waals surface area contributed by atoms with E-state index in [4.69, 9.17) is 5.73 Å². The van der Waals surface area contributed by atoms with Gasteiger partial charge in [0.2, 0.25) is 5.91 Å². The van der Waals surface area contributed by atoms with Crippen LogP contribution in [-0.2, 0) is 4.79 Å². The molecule has 0 bridgehead atoms. The number of likely N-dealkylation sites (tertiary alicyclic amines) is 2. The molecule has 2 rings (SSSR count). The standard InChI is InChI=1S/C13H24FN3O/c14-11-4-3-6-16(10-11)8-9-17-7-2-1-5-12(17)13(15)18/h11-12H,1-10H2,(H2,15,18). The number of amides is 1. The Bertz CT molecular complexity index is 287. The van der Waals surface area contributed by atoms with Crippen LogP contribution in [0, 0.1) is 0 Å². The van der Waals surface area contributed by atoms with Crippen molar-refractivity contribution in [3.05, 3.63) is 0 Å².